The molecule has 0 unspecified atom stereocenters. The number of hydrogen-bond donors (Lipinski definition) is 1. The molecule has 5 nitrogen and oxygen atoms in total. The molecule has 1 aliphatic rings. The van der Waals surface area contributed by atoms with E-state index in [1.54, 1.807) is 0 Å². The van der Waals surface area contributed by atoms with Crippen LogP contribution in [0.4, 0.5) is 0 Å². The van der Waals surface area contributed by atoms with Crippen LogP contribution in [-0.4, -0.2) is 25.6 Å². The molecule has 3 heterocycles. The van der Waals surface area contributed by atoms with E-state index in [9.17, 15) is 4.79 Å². The first kappa shape index (κ1) is 20.8. The number of allylic oxidation sites excluding steroid dienone is 1. The number of benzene rings is 2. The smallest absolute Gasteiger partial charge is 0.186 e. The Balaban J connectivity index is 1.56. The molecule has 160 valence electrons. The molecule has 4 aromatic rings. The first-order valence-electron chi connectivity index (χ1n) is 10.5. The number of carbonyl (C=O) groups excluding carboxylic acids is 1. The molecule has 0 amide bonds. The summed E-state index contributed by atoms with van der Waals surface area (Å²) in [5.41, 5.74) is 4.51. The van der Waals surface area contributed by atoms with Gasteiger partial charge >= 0.3 is 0 Å². The molecule has 1 atom stereocenters. The summed E-state index contributed by atoms with van der Waals surface area (Å²) in [6.07, 6.45) is 2.74. The van der Waals surface area contributed by atoms with Crippen LogP contribution >= 0.6 is 23.1 Å². The maximum absolute atomic E-state index is 13.3. The van der Waals surface area contributed by atoms with Crippen molar-refractivity contribution < 1.29 is 4.79 Å². The number of Topliss-reactive ketones (excluding diaryl/α,β-unsaturated/α-hetero) is 1. The normalized spacial score (nSPS) is 17.7. The maximum atomic E-state index is 13.3. The fraction of sp³-hybridized carbons (Fsp3) is 0.200. The van der Waals surface area contributed by atoms with Crippen molar-refractivity contribution in [3.05, 3.63) is 86.3 Å². The first-order chi connectivity index (χ1) is 15.6. The second-order valence-electron chi connectivity index (χ2n) is 7.75. The van der Waals surface area contributed by atoms with Gasteiger partial charge < -0.3 is 4.57 Å². The van der Waals surface area contributed by atoms with Gasteiger partial charge in [-0.05, 0) is 31.1 Å². The predicted octanol–water partition coefficient (Wildman–Crippen LogP) is 5.83. The van der Waals surface area contributed by atoms with Crippen molar-refractivity contribution in [3.8, 4) is 0 Å². The highest BCUT2D eigenvalue weighted by atomic mass is 32.2. The van der Waals surface area contributed by atoms with E-state index in [1.807, 2.05) is 31.2 Å². The number of nitrogens with zero attached hydrogens (tertiary/aromatic N) is 3. The van der Waals surface area contributed by atoms with E-state index < -0.39 is 5.92 Å². The number of aromatic nitrogens is 3. The molecule has 0 aliphatic carbocycles. The fourth-order valence-electron chi connectivity index (χ4n) is 4.08. The van der Waals surface area contributed by atoms with E-state index in [0.717, 1.165) is 40.1 Å². The molecule has 2 aromatic heterocycles. The number of thioether (sulfide) groups is 1. The molecule has 0 spiro atoms. The molecule has 1 N–H and O–H groups in total. The minimum absolute atomic E-state index is 0.0573. The summed E-state index contributed by atoms with van der Waals surface area (Å²) in [6.45, 7) is 4.88. The number of nitrogens with one attached hydrogen (secondary N) is 1. The van der Waals surface area contributed by atoms with Crippen LogP contribution in [0.15, 0.2) is 59.5 Å². The second-order valence-corrected chi connectivity index (χ2v) is 9.93. The zero-order valence-electron chi connectivity index (χ0n) is 17.8. The van der Waals surface area contributed by atoms with Crippen LogP contribution in [0.5, 0.6) is 0 Å². The van der Waals surface area contributed by atoms with E-state index in [0.29, 0.717) is 15.0 Å². The van der Waals surface area contributed by atoms with Crippen molar-refractivity contribution in [2.45, 2.75) is 32.7 Å². The van der Waals surface area contributed by atoms with Gasteiger partial charge in [-0.2, -0.15) is 0 Å². The number of aryl methyl sites for hydroxylation is 1. The molecule has 1 fully saturated rings. The van der Waals surface area contributed by atoms with Crippen molar-refractivity contribution >= 4 is 50.9 Å². The molecule has 1 aliphatic heterocycles. The Kier molecular flexibility index (Phi) is 5.53. The number of ketones is 1. The molecule has 32 heavy (non-hydrogen) atoms. The van der Waals surface area contributed by atoms with Gasteiger partial charge in [0.1, 0.15) is 15.9 Å². The minimum Gasteiger partial charge on any atom is -0.340 e. The van der Waals surface area contributed by atoms with Crippen LogP contribution in [0.2, 0.25) is 0 Å². The SMILES string of the molecule is CCc1nnc([C@H]2C(=N)S/C(=C\c3c(C)n(Cc4ccccc4)c4ccccc34)C2=O)s1. The van der Waals surface area contributed by atoms with E-state index >= 15 is 0 Å². The maximum Gasteiger partial charge on any atom is 0.186 e. The Morgan fingerprint density at radius 2 is 1.84 bits per heavy atom. The highest BCUT2D eigenvalue weighted by Crippen LogP contribution is 2.42. The van der Waals surface area contributed by atoms with E-state index in [4.69, 9.17) is 5.41 Å². The standard InChI is InChI=1S/C25H22N4OS2/c1-3-21-27-28-25(32-21)22-23(30)20(31-24(22)26)13-18-15(2)29(14-16-9-5-4-6-10-16)19-12-8-7-11-17(18)19/h4-13,22,26H,3,14H2,1-2H3/b20-13-,26-24?/t22-/m1/s1. The van der Waals surface area contributed by atoms with Crippen molar-refractivity contribution in [2.75, 3.05) is 0 Å². The van der Waals surface area contributed by atoms with Crippen LogP contribution in [0.1, 0.15) is 39.7 Å². The predicted molar refractivity (Wildman–Crippen MR) is 133 cm³/mol. The lowest BCUT2D eigenvalue weighted by Gasteiger charge is -2.08. The van der Waals surface area contributed by atoms with Gasteiger partial charge in [0.15, 0.2) is 5.78 Å². The fourth-order valence-corrected chi connectivity index (χ4v) is 6.02. The Hall–Kier alpha value is -3.03. The average Bonchev–Trinajstić information content (AvgIpc) is 3.46. The molecule has 5 rings (SSSR count). The molecule has 0 bridgehead atoms. The summed E-state index contributed by atoms with van der Waals surface area (Å²) in [5, 5.41) is 19.7. The van der Waals surface area contributed by atoms with Crippen LogP contribution in [0, 0.1) is 12.3 Å². The van der Waals surface area contributed by atoms with Crippen molar-refractivity contribution in [1.29, 1.82) is 5.41 Å². The highest BCUT2D eigenvalue weighted by molar-refractivity contribution is 8.19. The summed E-state index contributed by atoms with van der Waals surface area (Å²) in [5.74, 6) is -0.680. The van der Waals surface area contributed by atoms with Crippen LogP contribution in [0.3, 0.4) is 0 Å². The summed E-state index contributed by atoms with van der Waals surface area (Å²) in [4.78, 5) is 13.9. The van der Waals surface area contributed by atoms with Crippen LogP contribution in [0.25, 0.3) is 17.0 Å². The van der Waals surface area contributed by atoms with Gasteiger partial charge in [-0.25, -0.2) is 0 Å². The molecular formula is C25H22N4OS2. The van der Waals surface area contributed by atoms with Gasteiger partial charge in [0.25, 0.3) is 0 Å². The molecule has 0 saturated carbocycles. The molecular weight excluding hydrogens is 436 g/mol. The third-order valence-electron chi connectivity index (χ3n) is 5.76. The minimum atomic E-state index is -0.623. The lowest BCUT2D eigenvalue weighted by molar-refractivity contribution is -0.114. The Morgan fingerprint density at radius 3 is 2.59 bits per heavy atom. The summed E-state index contributed by atoms with van der Waals surface area (Å²) in [6, 6.07) is 18.7. The summed E-state index contributed by atoms with van der Waals surface area (Å²) >= 11 is 2.67. The Morgan fingerprint density at radius 1 is 1.09 bits per heavy atom. The average molecular weight is 459 g/mol. The van der Waals surface area contributed by atoms with Crippen LogP contribution < -0.4 is 0 Å². The Bertz CT molecular complexity index is 1370. The van der Waals surface area contributed by atoms with Gasteiger partial charge in [-0.3, -0.25) is 10.2 Å². The zero-order valence-corrected chi connectivity index (χ0v) is 19.5. The number of para-hydroxylation sites is 1. The lowest BCUT2D eigenvalue weighted by atomic mass is 10.0. The summed E-state index contributed by atoms with van der Waals surface area (Å²) in [7, 11) is 0. The molecule has 0 radical (unpaired) electrons. The van der Waals surface area contributed by atoms with E-state index in [1.165, 1.54) is 28.7 Å². The van der Waals surface area contributed by atoms with Crippen molar-refractivity contribution in [2.24, 2.45) is 0 Å². The molecule has 2 aromatic carbocycles. The van der Waals surface area contributed by atoms with Crippen molar-refractivity contribution in [3.63, 3.8) is 0 Å². The van der Waals surface area contributed by atoms with E-state index in [2.05, 4.69) is 58.1 Å². The quantitative estimate of drug-likeness (QED) is 0.382. The Labute approximate surface area is 194 Å². The zero-order chi connectivity index (χ0) is 22.2. The third kappa shape index (κ3) is 3.61. The van der Waals surface area contributed by atoms with Gasteiger partial charge in [0, 0.05) is 28.7 Å². The van der Waals surface area contributed by atoms with Crippen LogP contribution in [-0.2, 0) is 17.8 Å². The highest BCUT2D eigenvalue weighted by Gasteiger charge is 2.39. The van der Waals surface area contributed by atoms with Gasteiger partial charge in [-0.1, -0.05) is 67.2 Å². The van der Waals surface area contributed by atoms with Gasteiger partial charge in [0.05, 0.1) is 9.95 Å². The van der Waals surface area contributed by atoms with E-state index in [-0.39, 0.29) is 5.78 Å². The molecule has 7 heteroatoms. The van der Waals surface area contributed by atoms with Gasteiger partial charge in [-0.15, -0.1) is 21.5 Å². The largest absolute Gasteiger partial charge is 0.340 e. The summed E-state index contributed by atoms with van der Waals surface area (Å²) < 4.78 is 2.29. The first-order valence-corrected chi connectivity index (χ1v) is 12.2. The second kappa shape index (κ2) is 8.48. The van der Waals surface area contributed by atoms with Gasteiger partial charge in [0.2, 0.25) is 0 Å². The monoisotopic (exact) mass is 458 g/mol. The number of rotatable bonds is 5. The lowest BCUT2D eigenvalue weighted by Crippen LogP contribution is -2.11. The number of hydrogen-bond acceptors (Lipinski definition) is 6. The number of fused-ring (bicyclic) bond motifs is 1. The number of carbonyl (C=O) groups is 1. The molecule has 1 saturated heterocycles. The van der Waals surface area contributed by atoms with Crippen molar-refractivity contribution in [1.82, 2.24) is 14.8 Å². The topological polar surface area (TPSA) is 71.6 Å². The third-order valence-corrected chi connectivity index (χ3v) is 7.88.